The van der Waals surface area contributed by atoms with Crippen molar-refractivity contribution in [3.05, 3.63) is 22.8 Å². The van der Waals surface area contributed by atoms with Gasteiger partial charge in [-0.15, -0.1) is 0 Å². The third-order valence-electron chi connectivity index (χ3n) is 3.16. The van der Waals surface area contributed by atoms with Gasteiger partial charge in [0.05, 0.1) is 5.02 Å². The Bertz CT molecular complexity index is 388. The van der Waals surface area contributed by atoms with E-state index < -0.39 is 0 Å². The Labute approximate surface area is 108 Å². The van der Waals surface area contributed by atoms with Crippen LogP contribution in [0.4, 0.5) is 5.82 Å². The molecule has 1 aliphatic carbocycles. The van der Waals surface area contributed by atoms with Gasteiger partial charge in [0, 0.05) is 25.3 Å². The van der Waals surface area contributed by atoms with Crippen LogP contribution in [0.25, 0.3) is 0 Å². The van der Waals surface area contributed by atoms with Crippen molar-refractivity contribution < 1.29 is 0 Å². The molecule has 1 saturated carbocycles. The van der Waals surface area contributed by atoms with Gasteiger partial charge in [-0.25, -0.2) is 4.98 Å². The fourth-order valence-corrected chi connectivity index (χ4v) is 2.21. The van der Waals surface area contributed by atoms with Crippen molar-refractivity contribution in [2.45, 2.75) is 39.3 Å². The fraction of sp³-hybridized carbons (Fsp3) is 0.615. The summed E-state index contributed by atoms with van der Waals surface area (Å²) in [7, 11) is 0. The van der Waals surface area contributed by atoms with Gasteiger partial charge < -0.3 is 10.6 Å². The van der Waals surface area contributed by atoms with Crippen molar-refractivity contribution >= 4 is 17.4 Å². The number of hydrogen-bond donors (Lipinski definition) is 1. The maximum atomic E-state index is 6.29. The lowest BCUT2D eigenvalue weighted by molar-refractivity contribution is 0.636. The number of pyridine rings is 1. The summed E-state index contributed by atoms with van der Waals surface area (Å²) in [5.41, 5.74) is 6.56. The smallest absolute Gasteiger partial charge is 0.147 e. The zero-order valence-corrected chi connectivity index (χ0v) is 11.2. The number of nitrogens with zero attached hydrogens (tertiary/aromatic N) is 2. The van der Waals surface area contributed by atoms with Crippen molar-refractivity contribution in [1.29, 1.82) is 0 Å². The molecule has 0 bridgehead atoms. The molecule has 1 heterocycles. The highest BCUT2D eigenvalue weighted by Crippen LogP contribution is 2.34. The first-order valence-corrected chi connectivity index (χ1v) is 6.60. The van der Waals surface area contributed by atoms with E-state index in [1.807, 2.05) is 12.3 Å². The van der Waals surface area contributed by atoms with E-state index in [-0.39, 0.29) is 0 Å². The summed E-state index contributed by atoms with van der Waals surface area (Å²) in [5, 5.41) is 0.710. The van der Waals surface area contributed by atoms with Crippen LogP contribution < -0.4 is 10.6 Å². The van der Waals surface area contributed by atoms with Crippen molar-refractivity contribution in [1.82, 2.24) is 4.98 Å². The predicted molar refractivity (Wildman–Crippen MR) is 72.3 cm³/mol. The van der Waals surface area contributed by atoms with Gasteiger partial charge >= 0.3 is 0 Å². The lowest BCUT2D eigenvalue weighted by Gasteiger charge is -2.28. The summed E-state index contributed by atoms with van der Waals surface area (Å²) >= 11 is 6.29. The van der Waals surface area contributed by atoms with Gasteiger partial charge in [0.1, 0.15) is 5.82 Å². The zero-order chi connectivity index (χ0) is 12.4. The second kappa shape index (κ2) is 5.23. The SMILES string of the molecule is CC(C)N(CC1CC1)c1ncc(CN)cc1Cl. The maximum absolute atomic E-state index is 6.29. The largest absolute Gasteiger partial charge is 0.353 e. The molecule has 1 aromatic rings. The minimum atomic E-state index is 0.421. The molecule has 0 atom stereocenters. The van der Waals surface area contributed by atoms with Crippen molar-refractivity contribution in [2.24, 2.45) is 11.7 Å². The molecule has 17 heavy (non-hydrogen) atoms. The van der Waals surface area contributed by atoms with Crippen LogP contribution in [0.1, 0.15) is 32.3 Å². The molecule has 1 fully saturated rings. The molecule has 0 aromatic carbocycles. The van der Waals surface area contributed by atoms with Gasteiger partial charge in [-0.05, 0) is 44.2 Å². The zero-order valence-electron chi connectivity index (χ0n) is 10.5. The van der Waals surface area contributed by atoms with E-state index >= 15 is 0 Å². The Morgan fingerprint density at radius 2 is 2.24 bits per heavy atom. The van der Waals surface area contributed by atoms with Crippen LogP contribution in [-0.2, 0) is 6.54 Å². The van der Waals surface area contributed by atoms with Crippen LogP contribution in [0, 0.1) is 5.92 Å². The van der Waals surface area contributed by atoms with E-state index in [1.165, 1.54) is 12.8 Å². The minimum absolute atomic E-state index is 0.421. The summed E-state index contributed by atoms with van der Waals surface area (Å²) in [6.45, 7) is 5.90. The monoisotopic (exact) mass is 253 g/mol. The maximum Gasteiger partial charge on any atom is 0.147 e. The van der Waals surface area contributed by atoms with Crippen LogP contribution in [0.15, 0.2) is 12.3 Å². The topological polar surface area (TPSA) is 42.2 Å². The van der Waals surface area contributed by atoms with Gasteiger partial charge in [0.2, 0.25) is 0 Å². The molecular weight excluding hydrogens is 234 g/mol. The fourth-order valence-electron chi connectivity index (χ4n) is 1.91. The van der Waals surface area contributed by atoms with Crippen molar-refractivity contribution in [3.8, 4) is 0 Å². The normalized spacial score (nSPS) is 15.4. The van der Waals surface area contributed by atoms with Gasteiger partial charge in [-0.1, -0.05) is 11.6 Å². The van der Waals surface area contributed by atoms with Crippen molar-refractivity contribution in [3.63, 3.8) is 0 Å². The summed E-state index contributed by atoms with van der Waals surface area (Å²) in [6, 6.07) is 2.34. The van der Waals surface area contributed by atoms with Crippen LogP contribution in [-0.4, -0.2) is 17.6 Å². The third-order valence-corrected chi connectivity index (χ3v) is 3.44. The predicted octanol–water partition coefficient (Wildman–Crippen LogP) is 2.82. The van der Waals surface area contributed by atoms with E-state index in [0.717, 1.165) is 23.8 Å². The summed E-state index contributed by atoms with van der Waals surface area (Å²) in [4.78, 5) is 6.76. The number of anilines is 1. The number of rotatable bonds is 5. The second-order valence-electron chi connectivity index (χ2n) is 5.04. The molecule has 94 valence electrons. The summed E-state index contributed by atoms with van der Waals surface area (Å²) in [6.07, 6.45) is 4.49. The first kappa shape index (κ1) is 12.7. The molecule has 2 rings (SSSR count). The molecule has 1 aliphatic rings. The minimum Gasteiger partial charge on any atom is -0.353 e. The molecule has 0 saturated heterocycles. The lowest BCUT2D eigenvalue weighted by Crippen LogP contribution is -2.33. The van der Waals surface area contributed by atoms with E-state index in [0.29, 0.717) is 17.6 Å². The third kappa shape index (κ3) is 3.11. The van der Waals surface area contributed by atoms with Gasteiger partial charge in [0.15, 0.2) is 0 Å². The van der Waals surface area contributed by atoms with Crippen LogP contribution in [0.2, 0.25) is 5.02 Å². The number of hydrogen-bond acceptors (Lipinski definition) is 3. The molecule has 1 aromatic heterocycles. The van der Waals surface area contributed by atoms with Gasteiger partial charge in [-0.3, -0.25) is 0 Å². The van der Waals surface area contributed by atoms with Crippen LogP contribution in [0.3, 0.4) is 0 Å². The Kier molecular flexibility index (Phi) is 3.89. The van der Waals surface area contributed by atoms with E-state index in [4.69, 9.17) is 17.3 Å². The molecule has 3 nitrogen and oxygen atoms in total. The Morgan fingerprint density at radius 1 is 1.53 bits per heavy atom. The lowest BCUT2D eigenvalue weighted by atomic mass is 10.2. The second-order valence-corrected chi connectivity index (χ2v) is 5.45. The Hall–Kier alpha value is -0.800. The number of aromatic nitrogens is 1. The highest BCUT2D eigenvalue weighted by atomic mass is 35.5. The number of nitrogens with two attached hydrogens (primary N) is 1. The quantitative estimate of drug-likeness (QED) is 0.878. The van der Waals surface area contributed by atoms with Gasteiger partial charge in [0.25, 0.3) is 0 Å². The standard InChI is InChI=1S/C13H20ClN3/c1-9(2)17(8-10-3-4-10)13-12(14)5-11(6-15)7-16-13/h5,7,9-10H,3-4,6,8,15H2,1-2H3. The average Bonchev–Trinajstić information content (AvgIpc) is 3.10. The Morgan fingerprint density at radius 3 is 2.71 bits per heavy atom. The van der Waals surface area contributed by atoms with Gasteiger partial charge in [-0.2, -0.15) is 0 Å². The summed E-state index contributed by atoms with van der Waals surface area (Å²) < 4.78 is 0. The van der Waals surface area contributed by atoms with E-state index in [9.17, 15) is 0 Å². The van der Waals surface area contributed by atoms with Crippen molar-refractivity contribution in [2.75, 3.05) is 11.4 Å². The van der Waals surface area contributed by atoms with Crippen LogP contribution in [0.5, 0.6) is 0 Å². The Balaban J connectivity index is 2.21. The summed E-state index contributed by atoms with van der Waals surface area (Å²) in [5.74, 6) is 1.72. The molecular formula is C13H20ClN3. The van der Waals surface area contributed by atoms with Crippen LogP contribution >= 0.6 is 11.6 Å². The molecule has 0 unspecified atom stereocenters. The van der Waals surface area contributed by atoms with E-state index in [1.54, 1.807) is 0 Å². The molecule has 0 spiro atoms. The molecule has 2 N–H and O–H groups in total. The highest BCUT2D eigenvalue weighted by molar-refractivity contribution is 6.33. The molecule has 0 aliphatic heterocycles. The molecule has 0 amide bonds. The first-order valence-electron chi connectivity index (χ1n) is 6.23. The average molecular weight is 254 g/mol. The molecule has 4 heteroatoms. The number of halogens is 1. The first-order chi connectivity index (χ1) is 8.11. The molecule has 0 radical (unpaired) electrons. The van der Waals surface area contributed by atoms with E-state index in [2.05, 4.69) is 23.7 Å². The highest BCUT2D eigenvalue weighted by Gasteiger charge is 2.27.